The topological polar surface area (TPSA) is 15.3 Å². The van der Waals surface area contributed by atoms with E-state index in [0.717, 1.165) is 5.92 Å². The van der Waals surface area contributed by atoms with E-state index in [0.29, 0.717) is 6.04 Å². The maximum absolute atomic E-state index is 3.60. The molecular formula is C15H23BrN2. The summed E-state index contributed by atoms with van der Waals surface area (Å²) in [7, 11) is 2.02. The summed E-state index contributed by atoms with van der Waals surface area (Å²) in [5, 5.41) is 3.35. The van der Waals surface area contributed by atoms with Crippen LogP contribution in [0.2, 0.25) is 0 Å². The molecule has 100 valence electrons. The number of anilines is 1. The van der Waals surface area contributed by atoms with Crippen molar-refractivity contribution in [1.82, 2.24) is 5.32 Å². The van der Waals surface area contributed by atoms with E-state index in [9.17, 15) is 0 Å². The number of hydrogen-bond acceptors (Lipinski definition) is 2. The smallest absolute Gasteiger partial charge is 0.0425 e. The van der Waals surface area contributed by atoms with Crippen LogP contribution in [0.25, 0.3) is 0 Å². The molecule has 18 heavy (non-hydrogen) atoms. The SMILES string of the molecule is CNC(C)c1ccc(Br)cc1N1CCC(C)CC1. The summed E-state index contributed by atoms with van der Waals surface area (Å²) >= 11 is 3.60. The fourth-order valence-corrected chi connectivity index (χ4v) is 2.91. The average molecular weight is 311 g/mol. The van der Waals surface area contributed by atoms with Gasteiger partial charge < -0.3 is 10.2 Å². The lowest BCUT2D eigenvalue weighted by atomic mass is 9.97. The van der Waals surface area contributed by atoms with Crippen LogP contribution in [0.4, 0.5) is 5.69 Å². The van der Waals surface area contributed by atoms with Gasteiger partial charge in [0.1, 0.15) is 0 Å². The normalized spacial score (nSPS) is 19.0. The van der Waals surface area contributed by atoms with Gasteiger partial charge in [0.05, 0.1) is 0 Å². The molecule has 0 bridgehead atoms. The lowest BCUT2D eigenvalue weighted by molar-refractivity contribution is 0.437. The molecule has 1 N–H and O–H groups in total. The molecule has 0 radical (unpaired) electrons. The van der Waals surface area contributed by atoms with Gasteiger partial charge in [-0.05, 0) is 50.4 Å². The molecule has 0 amide bonds. The molecule has 1 heterocycles. The van der Waals surface area contributed by atoms with Crippen molar-refractivity contribution in [2.24, 2.45) is 5.92 Å². The average Bonchev–Trinajstić information content (AvgIpc) is 2.38. The molecule has 0 saturated carbocycles. The van der Waals surface area contributed by atoms with Crippen LogP contribution in [0.15, 0.2) is 22.7 Å². The Balaban J connectivity index is 2.27. The molecule has 1 aromatic rings. The van der Waals surface area contributed by atoms with E-state index >= 15 is 0 Å². The summed E-state index contributed by atoms with van der Waals surface area (Å²) in [5.74, 6) is 0.874. The first-order chi connectivity index (χ1) is 8.61. The lowest BCUT2D eigenvalue weighted by Gasteiger charge is -2.34. The lowest BCUT2D eigenvalue weighted by Crippen LogP contribution is -2.34. The van der Waals surface area contributed by atoms with Crippen molar-refractivity contribution in [3.05, 3.63) is 28.2 Å². The van der Waals surface area contributed by atoms with Crippen molar-refractivity contribution in [2.45, 2.75) is 32.7 Å². The summed E-state index contributed by atoms with van der Waals surface area (Å²) in [6.07, 6.45) is 2.61. The second-order valence-electron chi connectivity index (χ2n) is 5.38. The van der Waals surface area contributed by atoms with Crippen LogP contribution in [-0.4, -0.2) is 20.1 Å². The fourth-order valence-electron chi connectivity index (χ4n) is 2.56. The Labute approximate surface area is 119 Å². The fraction of sp³-hybridized carbons (Fsp3) is 0.600. The van der Waals surface area contributed by atoms with Crippen molar-refractivity contribution >= 4 is 21.6 Å². The summed E-state index contributed by atoms with van der Waals surface area (Å²) in [6, 6.07) is 7.03. The monoisotopic (exact) mass is 310 g/mol. The van der Waals surface area contributed by atoms with Crippen LogP contribution in [0.3, 0.4) is 0 Å². The highest BCUT2D eigenvalue weighted by Gasteiger charge is 2.20. The Bertz CT molecular complexity index is 397. The third-order valence-corrected chi connectivity index (χ3v) is 4.51. The Kier molecular flexibility index (Phi) is 4.68. The van der Waals surface area contributed by atoms with Crippen LogP contribution < -0.4 is 10.2 Å². The predicted molar refractivity (Wildman–Crippen MR) is 82.2 cm³/mol. The number of benzene rings is 1. The van der Waals surface area contributed by atoms with Gasteiger partial charge in [-0.3, -0.25) is 0 Å². The molecule has 2 nitrogen and oxygen atoms in total. The minimum absolute atomic E-state index is 0.396. The van der Waals surface area contributed by atoms with Gasteiger partial charge in [0.2, 0.25) is 0 Å². The highest BCUT2D eigenvalue weighted by atomic mass is 79.9. The predicted octanol–water partition coefficient (Wildman–Crippen LogP) is 3.97. The molecule has 1 atom stereocenters. The Hall–Kier alpha value is -0.540. The zero-order valence-electron chi connectivity index (χ0n) is 11.5. The number of piperidine rings is 1. The van der Waals surface area contributed by atoms with E-state index in [2.05, 4.69) is 58.2 Å². The van der Waals surface area contributed by atoms with Gasteiger partial charge >= 0.3 is 0 Å². The highest BCUT2D eigenvalue weighted by molar-refractivity contribution is 9.10. The molecule has 1 saturated heterocycles. The van der Waals surface area contributed by atoms with E-state index in [1.54, 1.807) is 0 Å². The molecule has 1 aliphatic heterocycles. The van der Waals surface area contributed by atoms with Gasteiger partial charge in [-0.25, -0.2) is 0 Å². The summed E-state index contributed by atoms with van der Waals surface area (Å²) in [6.45, 7) is 6.94. The third kappa shape index (κ3) is 3.07. The number of rotatable bonds is 3. The van der Waals surface area contributed by atoms with Crippen molar-refractivity contribution in [2.75, 3.05) is 25.0 Å². The molecule has 1 unspecified atom stereocenters. The van der Waals surface area contributed by atoms with Crippen LogP contribution >= 0.6 is 15.9 Å². The minimum Gasteiger partial charge on any atom is -0.371 e. The van der Waals surface area contributed by atoms with Crippen LogP contribution in [0.5, 0.6) is 0 Å². The first-order valence-electron chi connectivity index (χ1n) is 6.83. The van der Waals surface area contributed by atoms with Gasteiger partial charge in [-0.2, -0.15) is 0 Å². The highest BCUT2D eigenvalue weighted by Crippen LogP contribution is 2.32. The Morgan fingerprint density at radius 2 is 2.00 bits per heavy atom. The zero-order valence-corrected chi connectivity index (χ0v) is 13.1. The molecular weight excluding hydrogens is 288 g/mol. The van der Waals surface area contributed by atoms with E-state index in [1.165, 1.54) is 41.7 Å². The minimum atomic E-state index is 0.396. The molecule has 1 aromatic carbocycles. The Morgan fingerprint density at radius 3 is 2.61 bits per heavy atom. The van der Waals surface area contributed by atoms with Crippen molar-refractivity contribution in [3.8, 4) is 0 Å². The summed E-state index contributed by atoms with van der Waals surface area (Å²) in [4.78, 5) is 2.54. The maximum Gasteiger partial charge on any atom is 0.0425 e. The summed E-state index contributed by atoms with van der Waals surface area (Å²) in [5.41, 5.74) is 2.79. The van der Waals surface area contributed by atoms with Crippen molar-refractivity contribution in [3.63, 3.8) is 0 Å². The maximum atomic E-state index is 3.60. The molecule has 0 spiro atoms. The second kappa shape index (κ2) is 6.07. The molecule has 1 fully saturated rings. The second-order valence-corrected chi connectivity index (χ2v) is 6.30. The van der Waals surface area contributed by atoms with Crippen molar-refractivity contribution in [1.29, 1.82) is 0 Å². The van der Waals surface area contributed by atoms with E-state index < -0.39 is 0 Å². The number of halogens is 1. The number of nitrogens with one attached hydrogen (secondary N) is 1. The molecule has 3 heteroatoms. The molecule has 1 aliphatic rings. The van der Waals surface area contributed by atoms with Gasteiger partial charge in [-0.15, -0.1) is 0 Å². The largest absolute Gasteiger partial charge is 0.371 e. The quantitative estimate of drug-likeness (QED) is 0.909. The van der Waals surface area contributed by atoms with Crippen LogP contribution in [0.1, 0.15) is 38.3 Å². The molecule has 2 rings (SSSR count). The number of hydrogen-bond donors (Lipinski definition) is 1. The molecule has 0 aliphatic carbocycles. The van der Waals surface area contributed by atoms with Crippen molar-refractivity contribution < 1.29 is 0 Å². The number of nitrogens with zero attached hydrogens (tertiary/aromatic N) is 1. The molecule has 0 aromatic heterocycles. The van der Waals surface area contributed by atoms with Gasteiger partial charge in [0.15, 0.2) is 0 Å². The van der Waals surface area contributed by atoms with Crippen LogP contribution in [0, 0.1) is 5.92 Å². The zero-order chi connectivity index (χ0) is 13.1. The van der Waals surface area contributed by atoms with E-state index in [4.69, 9.17) is 0 Å². The first kappa shape index (κ1) is 13.9. The van der Waals surface area contributed by atoms with Gasteiger partial charge in [0, 0.05) is 29.3 Å². The standard InChI is InChI=1S/C15H23BrN2/c1-11-6-8-18(9-7-11)15-10-13(16)4-5-14(15)12(2)17-3/h4-5,10-12,17H,6-9H2,1-3H3. The van der Waals surface area contributed by atoms with E-state index in [1.807, 2.05) is 7.05 Å². The van der Waals surface area contributed by atoms with Gasteiger partial charge in [0.25, 0.3) is 0 Å². The summed E-state index contributed by atoms with van der Waals surface area (Å²) < 4.78 is 1.17. The van der Waals surface area contributed by atoms with E-state index in [-0.39, 0.29) is 0 Å². The van der Waals surface area contributed by atoms with Crippen LogP contribution in [-0.2, 0) is 0 Å². The Morgan fingerprint density at radius 1 is 1.33 bits per heavy atom. The first-order valence-corrected chi connectivity index (χ1v) is 7.62. The third-order valence-electron chi connectivity index (χ3n) is 4.02. The van der Waals surface area contributed by atoms with Gasteiger partial charge in [-0.1, -0.05) is 28.9 Å².